The number of ether oxygens (including phenoxy) is 1. The number of sulfonamides is 1. The Morgan fingerprint density at radius 3 is 2.31 bits per heavy atom. The molecule has 0 radical (unpaired) electrons. The van der Waals surface area contributed by atoms with Crippen LogP contribution in [0, 0.1) is 0 Å². The third-order valence-electron chi connectivity index (χ3n) is 4.29. The molecule has 3 aromatic rings. The van der Waals surface area contributed by atoms with Gasteiger partial charge in [0, 0.05) is 18.3 Å². The van der Waals surface area contributed by atoms with Gasteiger partial charge in [0.25, 0.3) is 10.0 Å². The van der Waals surface area contributed by atoms with Crippen molar-refractivity contribution in [2.45, 2.75) is 24.9 Å². The van der Waals surface area contributed by atoms with Gasteiger partial charge in [-0.15, -0.1) is 11.3 Å². The summed E-state index contributed by atoms with van der Waals surface area (Å²) in [7, 11) is -2.22. The van der Waals surface area contributed by atoms with Crippen LogP contribution in [0.15, 0.2) is 70.9 Å². The zero-order chi connectivity index (χ0) is 20.9. The predicted molar refractivity (Wildman–Crippen MR) is 115 cm³/mol. The number of anilines is 1. The molecule has 152 valence electrons. The lowest BCUT2D eigenvalue weighted by Gasteiger charge is -2.24. The number of hydrogen-bond donors (Lipinski definition) is 1. The van der Waals surface area contributed by atoms with Crippen LogP contribution in [0.4, 0.5) is 5.69 Å². The fourth-order valence-corrected chi connectivity index (χ4v) is 4.96. The minimum atomic E-state index is -3.79. The maximum atomic E-state index is 13.4. The van der Waals surface area contributed by atoms with E-state index in [4.69, 9.17) is 4.74 Å². The molecule has 3 rings (SSSR count). The number of hydrogen-bond acceptors (Lipinski definition) is 5. The van der Waals surface area contributed by atoms with Crippen LogP contribution in [0.5, 0.6) is 5.75 Å². The van der Waals surface area contributed by atoms with Gasteiger partial charge in [-0.25, -0.2) is 8.42 Å². The Hall–Kier alpha value is -2.84. The van der Waals surface area contributed by atoms with Gasteiger partial charge in [-0.3, -0.25) is 9.10 Å². The molecule has 0 atom stereocenters. The zero-order valence-electron chi connectivity index (χ0n) is 16.2. The highest BCUT2D eigenvalue weighted by Gasteiger charge is 2.25. The summed E-state index contributed by atoms with van der Waals surface area (Å²) in [5, 5.41) is 4.62. The van der Waals surface area contributed by atoms with Crippen molar-refractivity contribution >= 4 is 33.0 Å². The summed E-state index contributed by atoms with van der Waals surface area (Å²) in [6.45, 7) is 2.03. The fourth-order valence-electron chi connectivity index (χ4n) is 2.74. The molecule has 8 heteroatoms. The average molecular weight is 431 g/mol. The number of nitrogens with zero attached hydrogens (tertiary/aromatic N) is 1. The highest BCUT2D eigenvalue weighted by Crippen LogP contribution is 2.29. The van der Waals surface area contributed by atoms with Gasteiger partial charge in [0.1, 0.15) is 5.75 Å². The van der Waals surface area contributed by atoms with E-state index in [1.54, 1.807) is 55.6 Å². The van der Waals surface area contributed by atoms with Gasteiger partial charge in [-0.05, 0) is 53.4 Å². The Morgan fingerprint density at radius 1 is 1.07 bits per heavy atom. The topological polar surface area (TPSA) is 75.7 Å². The van der Waals surface area contributed by atoms with E-state index in [9.17, 15) is 13.2 Å². The summed E-state index contributed by atoms with van der Waals surface area (Å²) < 4.78 is 33.4. The third kappa shape index (κ3) is 5.16. The highest BCUT2D eigenvalue weighted by molar-refractivity contribution is 7.92. The standard InChI is InChI=1S/C21H22N2O4S2/c1-16(24)22-14-17-5-11-21(12-6-17)29(25,26)23(15-20-4-3-13-28-20)18-7-9-19(27-2)10-8-18/h3-13H,14-15H2,1-2H3,(H,22,24). The second-order valence-corrected chi connectivity index (χ2v) is 9.24. The number of rotatable bonds is 8. The van der Waals surface area contributed by atoms with Crippen molar-refractivity contribution in [3.63, 3.8) is 0 Å². The molecule has 1 aromatic heterocycles. The van der Waals surface area contributed by atoms with Crippen LogP contribution in [-0.2, 0) is 27.9 Å². The molecule has 0 fully saturated rings. The quantitative estimate of drug-likeness (QED) is 0.590. The van der Waals surface area contributed by atoms with Crippen LogP contribution < -0.4 is 14.4 Å². The van der Waals surface area contributed by atoms with E-state index in [-0.39, 0.29) is 17.3 Å². The molecule has 1 N–H and O–H groups in total. The first-order chi connectivity index (χ1) is 13.9. The number of carbonyl (C=O) groups excluding carboxylic acids is 1. The minimum absolute atomic E-state index is 0.136. The summed E-state index contributed by atoms with van der Waals surface area (Å²) in [6, 6.07) is 17.3. The summed E-state index contributed by atoms with van der Waals surface area (Å²) in [5.41, 5.74) is 1.38. The first kappa shape index (κ1) is 20.9. The highest BCUT2D eigenvalue weighted by atomic mass is 32.2. The van der Waals surface area contributed by atoms with Gasteiger partial charge in [0.15, 0.2) is 0 Å². The summed E-state index contributed by atoms with van der Waals surface area (Å²) in [6.07, 6.45) is 0. The second-order valence-electron chi connectivity index (χ2n) is 6.34. The first-order valence-corrected chi connectivity index (χ1v) is 11.2. The summed E-state index contributed by atoms with van der Waals surface area (Å²) in [5.74, 6) is 0.521. The van der Waals surface area contributed by atoms with Crippen LogP contribution in [0.2, 0.25) is 0 Å². The molecule has 0 saturated carbocycles. The number of nitrogens with one attached hydrogen (secondary N) is 1. The maximum Gasteiger partial charge on any atom is 0.264 e. The fraction of sp³-hybridized carbons (Fsp3) is 0.190. The molecule has 1 heterocycles. The Kier molecular flexibility index (Phi) is 6.56. The predicted octanol–water partition coefficient (Wildman–Crippen LogP) is 3.79. The van der Waals surface area contributed by atoms with Crippen molar-refractivity contribution in [2.24, 2.45) is 0 Å². The first-order valence-electron chi connectivity index (χ1n) is 8.92. The molecule has 0 aliphatic carbocycles. The van der Waals surface area contributed by atoms with Gasteiger partial charge < -0.3 is 10.1 Å². The monoisotopic (exact) mass is 430 g/mol. The average Bonchev–Trinajstić information content (AvgIpc) is 3.24. The van der Waals surface area contributed by atoms with Gasteiger partial charge in [0.2, 0.25) is 5.91 Å². The Balaban J connectivity index is 1.93. The Morgan fingerprint density at radius 2 is 1.76 bits per heavy atom. The molecule has 0 aliphatic rings. The molecular formula is C21H22N2O4S2. The largest absolute Gasteiger partial charge is 0.497 e. The molecule has 6 nitrogen and oxygen atoms in total. The van der Waals surface area contributed by atoms with Crippen molar-refractivity contribution in [3.8, 4) is 5.75 Å². The van der Waals surface area contributed by atoms with E-state index >= 15 is 0 Å². The van der Waals surface area contributed by atoms with Gasteiger partial charge in [0.05, 0.1) is 24.2 Å². The summed E-state index contributed by atoms with van der Waals surface area (Å²) in [4.78, 5) is 12.2. The third-order valence-corrected chi connectivity index (χ3v) is 6.94. The summed E-state index contributed by atoms with van der Waals surface area (Å²) >= 11 is 1.51. The molecule has 0 saturated heterocycles. The number of amides is 1. The maximum absolute atomic E-state index is 13.4. The van der Waals surface area contributed by atoms with E-state index < -0.39 is 10.0 Å². The van der Waals surface area contributed by atoms with Gasteiger partial charge >= 0.3 is 0 Å². The number of thiophene rings is 1. The van der Waals surface area contributed by atoms with Crippen molar-refractivity contribution in [3.05, 3.63) is 76.5 Å². The van der Waals surface area contributed by atoms with Crippen LogP contribution in [-0.4, -0.2) is 21.4 Å². The molecule has 0 aliphatic heterocycles. The molecule has 29 heavy (non-hydrogen) atoms. The smallest absolute Gasteiger partial charge is 0.264 e. The van der Waals surface area contributed by atoms with Crippen LogP contribution in [0.3, 0.4) is 0 Å². The number of methoxy groups -OCH3 is 1. The van der Waals surface area contributed by atoms with Crippen molar-refractivity contribution in [1.29, 1.82) is 0 Å². The SMILES string of the molecule is COc1ccc(N(Cc2cccs2)S(=O)(=O)c2ccc(CNC(C)=O)cc2)cc1. The van der Waals surface area contributed by atoms with Crippen molar-refractivity contribution < 1.29 is 17.9 Å². The molecular weight excluding hydrogens is 408 g/mol. The molecule has 2 aromatic carbocycles. The lowest BCUT2D eigenvalue weighted by molar-refractivity contribution is -0.119. The molecule has 1 amide bonds. The lowest BCUT2D eigenvalue weighted by atomic mass is 10.2. The normalized spacial score (nSPS) is 11.1. The van der Waals surface area contributed by atoms with Crippen molar-refractivity contribution in [1.82, 2.24) is 5.32 Å². The van der Waals surface area contributed by atoms with Crippen LogP contribution in [0.25, 0.3) is 0 Å². The van der Waals surface area contributed by atoms with E-state index in [0.29, 0.717) is 18.0 Å². The second kappa shape index (κ2) is 9.11. The van der Waals surface area contributed by atoms with E-state index in [2.05, 4.69) is 5.32 Å². The number of benzene rings is 2. The van der Waals surface area contributed by atoms with Gasteiger partial charge in [-0.2, -0.15) is 0 Å². The van der Waals surface area contributed by atoms with Crippen molar-refractivity contribution in [2.75, 3.05) is 11.4 Å². The lowest BCUT2D eigenvalue weighted by Crippen LogP contribution is -2.30. The van der Waals surface area contributed by atoms with E-state index in [1.165, 1.54) is 22.6 Å². The Labute approximate surface area is 174 Å². The number of carbonyl (C=O) groups is 1. The van der Waals surface area contributed by atoms with Crippen LogP contribution in [0.1, 0.15) is 17.4 Å². The minimum Gasteiger partial charge on any atom is -0.497 e. The Bertz CT molecular complexity index is 1050. The van der Waals surface area contributed by atoms with Gasteiger partial charge in [-0.1, -0.05) is 18.2 Å². The molecule has 0 bridgehead atoms. The van der Waals surface area contributed by atoms with E-state index in [1.807, 2.05) is 17.5 Å². The molecule has 0 spiro atoms. The molecule has 0 unspecified atom stereocenters. The zero-order valence-corrected chi connectivity index (χ0v) is 17.8. The van der Waals surface area contributed by atoms with Crippen LogP contribution >= 0.6 is 11.3 Å². The van der Waals surface area contributed by atoms with E-state index in [0.717, 1.165) is 10.4 Å².